The number of thiazole rings is 1. The molecule has 0 bridgehead atoms. The molecule has 2 N–H and O–H groups in total. The zero-order valence-corrected chi connectivity index (χ0v) is 29.8. The van der Waals surface area contributed by atoms with Crippen LogP contribution in [0.1, 0.15) is 90.2 Å². The molecule has 2 aromatic carbocycles. The monoisotopic (exact) mass is 653 g/mol. The molecule has 1 saturated heterocycles. The summed E-state index contributed by atoms with van der Waals surface area (Å²) < 4.78 is 21.9. The van der Waals surface area contributed by atoms with Crippen molar-refractivity contribution in [3.05, 3.63) is 82.1 Å². The number of hydrogen-bond donors (Lipinski definition) is 2. The van der Waals surface area contributed by atoms with Crippen molar-refractivity contribution in [2.45, 2.75) is 109 Å². The minimum Gasteiger partial charge on any atom is -0.465 e. The largest absolute Gasteiger partial charge is 0.465 e. The second kappa shape index (κ2) is 13.0. The Morgan fingerprint density at radius 2 is 1.82 bits per heavy atom. The molecule has 0 radical (unpaired) electrons. The number of rotatable bonds is 9. The summed E-state index contributed by atoms with van der Waals surface area (Å²) in [5, 5.41) is 15.6. The van der Waals surface area contributed by atoms with Gasteiger partial charge in [0, 0.05) is 17.1 Å². The number of carboxylic acid groups (broad SMARTS) is 1. The highest BCUT2D eigenvalue weighted by atomic mass is 32.1. The van der Waals surface area contributed by atoms with Crippen molar-refractivity contribution in [2.24, 2.45) is 5.41 Å². The standard InChI is InChI=1S/C35H48FN3O4SSi/c1-23(29-21-44-22-37-29)31(40)38-27-15-13-24(14-16-27)19-28-17-18-35(33(2,3)4,39(28)32(41)42)30(25-11-10-12-26(36)20-25)43-45(8,9)34(5,6)7/h10-16,20-23,28,30H,17-19H2,1-9H3,(H,38,40)(H,41,42)/t23?,28-,30-,35-/m1/s1. The summed E-state index contributed by atoms with van der Waals surface area (Å²) >= 11 is 1.46. The fourth-order valence-electron chi connectivity index (χ4n) is 6.27. The summed E-state index contributed by atoms with van der Waals surface area (Å²) in [6, 6.07) is 13.7. The zero-order valence-electron chi connectivity index (χ0n) is 28.0. The molecule has 0 saturated carbocycles. The van der Waals surface area contributed by atoms with Crippen molar-refractivity contribution in [1.29, 1.82) is 0 Å². The molecule has 7 nitrogen and oxygen atoms in total. The average Bonchev–Trinajstić information content (AvgIpc) is 3.61. The van der Waals surface area contributed by atoms with E-state index < -0.39 is 31.5 Å². The number of amides is 2. The van der Waals surface area contributed by atoms with Crippen LogP contribution in [-0.4, -0.2) is 46.9 Å². The van der Waals surface area contributed by atoms with E-state index in [0.29, 0.717) is 30.5 Å². The number of nitrogens with zero attached hydrogens (tertiary/aromatic N) is 2. The highest BCUT2D eigenvalue weighted by molar-refractivity contribution is 7.07. The Balaban J connectivity index is 1.67. The van der Waals surface area contributed by atoms with Crippen LogP contribution in [0, 0.1) is 11.2 Å². The molecule has 1 unspecified atom stereocenters. The normalized spacial score (nSPS) is 20.6. The van der Waals surface area contributed by atoms with E-state index in [1.807, 2.05) is 42.6 Å². The van der Waals surface area contributed by atoms with Gasteiger partial charge < -0.3 is 14.8 Å². The van der Waals surface area contributed by atoms with Crippen molar-refractivity contribution >= 4 is 37.3 Å². The minimum absolute atomic E-state index is 0.137. The van der Waals surface area contributed by atoms with Gasteiger partial charge in [-0.3, -0.25) is 9.69 Å². The summed E-state index contributed by atoms with van der Waals surface area (Å²) in [6.07, 6.45) is 0.0510. The van der Waals surface area contributed by atoms with E-state index in [1.165, 1.54) is 23.5 Å². The molecule has 2 amide bonds. The van der Waals surface area contributed by atoms with Crippen LogP contribution in [0.25, 0.3) is 0 Å². The van der Waals surface area contributed by atoms with Gasteiger partial charge in [0.05, 0.1) is 28.8 Å². The molecule has 0 aliphatic carbocycles. The first kappa shape index (κ1) is 34.8. The first-order chi connectivity index (χ1) is 20.9. The lowest BCUT2D eigenvalue weighted by molar-refractivity contribution is -0.117. The highest BCUT2D eigenvalue weighted by Crippen LogP contribution is 2.57. The number of aromatic nitrogens is 1. The number of anilines is 1. The molecule has 2 heterocycles. The molecule has 1 fully saturated rings. The Kier molecular flexibility index (Phi) is 10.0. The Morgan fingerprint density at radius 1 is 1.16 bits per heavy atom. The minimum atomic E-state index is -2.45. The molecule has 4 atom stereocenters. The summed E-state index contributed by atoms with van der Waals surface area (Å²) in [6.45, 7) is 18.8. The van der Waals surface area contributed by atoms with Crippen LogP contribution in [0.2, 0.25) is 18.1 Å². The Morgan fingerprint density at radius 3 is 2.36 bits per heavy atom. The van der Waals surface area contributed by atoms with Crippen LogP contribution in [0.4, 0.5) is 14.9 Å². The maximum Gasteiger partial charge on any atom is 0.408 e. The molecule has 45 heavy (non-hydrogen) atoms. The first-order valence-electron chi connectivity index (χ1n) is 15.6. The predicted octanol–water partition coefficient (Wildman–Crippen LogP) is 9.26. The Labute approximate surface area is 272 Å². The SMILES string of the molecule is CC(C(=O)Nc1ccc(C[C@H]2CC[C@@]([C@H](O[Si](C)(C)C(C)(C)C)c3cccc(F)c3)(C(C)(C)C)N2C(=O)O)cc1)c1cscn1. The second-order valence-corrected chi connectivity index (χ2v) is 20.3. The van der Waals surface area contributed by atoms with E-state index in [0.717, 1.165) is 11.3 Å². The number of carbonyl (C=O) groups is 2. The smallest absolute Gasteiger partial charge is 0.408 e. The van der Waals surface area contributed by atoms with Crippen molar-refractivity contribution in [1.82, 2.24) is 9.88 Å². The number of hydrogen-bond acceptors (Lipinski definition) is 5. The molecule has 3 aromatic rings. The number of benzene rings is 2. The van der Waals surface area contributed by atoms with E-state index >= 15 is 0 Å². The van der Waals surface area contributed by atoms with Gasteiger partial charge >= 0.3 is 6.09 Å². The number of nitrogens with one attached hydrogen (secondary N) is 1. The van der Waals surface area contributed by atoms with Gasteiger partial charge in [0.15, 0.2) is 8.32 Å². The van der Waals surface area contributed by atoms with Crippen molar-refractivity contribution in [2.75, 3.05) is 5.32 Å². The Hall–Kier alpha value is -3.08. The molecule has 1 aliphatic rings. The number of halogens is 1. The third-order valence-electron chi connectivity index (χ3n) is 9.94. The van der Waals surface area contributed by atoms with Crippen molar-refractivity contribution in [3.63, 3.8) is 0 Å². The van der Waals surface area contributed by atoms with Gasteiger partial charge in [0.2, 0.25) is 5.91 Å². The summed E-state index contributed by atoms with van der Waals surface area (Å²) in [5.41, 5.74) is 3.26. The van der Waals surface area contributed by atoms with Gasteiger partial charge in [0.25, 0.3) is 0 Å². The topological polar surface area (TPSA) is 91.8 Å². The third kappa shape index (κ3) is 7.18. The van der Waals surface area contributed by atoms with Crippen LogP contribution in [-0.2, 0) is 15.6 Å². The number of carbonyl (C=O) groups excluding carboxylic acids is 1. The van der Waals surface area contributed by atoms with Gasteiger partial charge in [0.1, 0.15) is 5.82 Å². The fourth-order valence-corrected chi connectivity index (χ4v) is 8.19. The van der Waals surface area contributed by atoms with Crippen LogP contribution < -0.4 is 5.32 Å². The molecule has 1 aromatic heterocycles. The molecule has 0 spiro atoms. The average molecular weight is 654 g/mol. The van der Waals surface area contributed by atoms with E-state index in [9.17, 15) is 19.1 Å². The first-order valence-corrected chi connectivity index (χ1v) is 19.5. The van der Waals surface area contributed by atoms with Crippen molar-refractivity contribution in [3.8, 4) is 0 Å². The molecule has 1 aliphatic heterocycles. The quantitative estimate of drug-likeness (QED) is 0.225. The number of likely N-dealkylation sites (tertiary alicyclic amines) is 1. The van der Waals surface area contributed by atoms with E-state index in [-0.39, 0.29) is 28.7 Å². The molecule has 244 valence electrons. The van der Waals surface area contributed by atoms with Gasteiger partial charge in [-0.05, 0) is 85.1 Å². The van der Waals surface area contributed by atoms with Gasteiger partial charge in [-0.1, -0.05) is 65.8 Å². The lowest BCUT2D eigenvalue weighted by Crippen LogP contribution is -2.63. The lowest BCUT2D eigenvalue weighted by atomic mass is 9.67. The van der Waals surface area contributed by atoms with E-state index in [2.05, 4.69) is 64.9 Å². The van der Waals surface area contributed by atoms with Crippen LogP contribution >= 0.6 is 11.3 Å². The van der Waals surface area contributed by atoms with Crippen molar-refractivity contribution < 1.29 is 23.5 Å². The highest BCUT2D eigenvalue weighted by Gasteiger charge is 2.61. The van der Waals surface area contributed by atoms with Gasteiger partial charge in [-0.2, -0.15) is 0 Å². The van der Waals surface area contributed by atoms with Crippen LogP contribution in [0.3, 0.4) is 0 Å². The zero-order chi connectivity index (χ0) is 33.4. The fraction of sp³-hybridized carbons (Fsp3) is 0.514. The van der Waals surface area contributed by atoms with Gasteiger partial charge in [-0.15, -0.1) is 11.3 Å². The lowest BCUT2D eigenvalue weighted by Gasteiger charge is -2.55. The Bertz CT molecular complexity index is 1480. The summed E-state index contributed by atoms with van der Waals surface area (Å²) in [4.78, 5) is 32.0. The third-order valence-corrected chi connectivity index (χ3v) is 15.0. The molecular formula is C35H48FN3O4SSi. The summed E-state index contributed by atoms with van der Waals surface area (Å²) in [7, 11) is -2.45. The van der Waals surface area contributed by atoms with Gasteiger partial charge in [-0.25, -0.2) is 14.2 Å². The molecule has 10 heteroatoms. The van der Waals surface area contributed by atoms with Crippen LogP contribution in [0.15, 0.2) is 59.4 Å². The van der Waals surface area contributed by atoms with E-state index in [1.54, 1.807) is 16.5 Å². The molecule has 4 rings (SSSR count). The maximum absolute atomic E-state index is 14.7. The maximum atomic E-state index is 14.7. The summed E-state index contributed by atoms with van der Waals surface area (Å²) in [5.74, 6) is -0.879. The van der Waals surface area contributed by atoms with E-state index in [4.69, 9.17) is 4.43 Å². The molecular weight excluding hydrogens is 606 g/mol. The van der Waals surface area contributed by atoms with Crippen LogP contribution in [0.5, 0.6) is 0 Å². The second-order valence-electron chi connectivity index (χ2n) is 14.9. The predicted molar refractivity (Wildman–Crippen MR) is 182 cm³/mol.